The van der Waals surface area contributed by atoms with E-state index >= 15 is 0 Å². The van der Waals surface area contributed by atoms with Crippen LogP contribution in [0, 0.1) is 6.92 Å². The normalized spacial score (nSPS) is 12.2. The van der Waals surface area contributed by atoms with Crippen molar-refractivity contribution >= 4 is 11.3 Å². The summed E-state index contributed by atoms with van der Waals surface area (Å²) in [4.78, 5) is 0. The molecule has 0 saturated carbocycles. The molecule has 0 fully saturated rings. The lowest BCUT2D eigenvalue weighted by molar-refractivity contribution is 1.27. The standard InChI is InChI=1S/C24H23N/c1-19-9-8-14-22(17-19)23(16-15-20-10-4-2-5-11-20)18-24(25)21-12-6-3-7-13-21/h2-14,16-18H,15,25H2,1H3/b23-16+,24-18-. The third kappa shape index (κ3) is 4.71. The molecule has 0 atom stereocenters. The second-order valence-corrected chi connectivity index (χ2v) is 6.18. The van der Waals surface area contributed by atoms with Crippen LogP contribution in [0.3, 0.4) is 0 Å². The molecule has 3 aromatic rings. The predicted octanol–water partition coefficient (Wildman–Crippen LogP) is 5.62. The Kier molecular flexibility index (Phi) is 5.48. The van der Waals surface area contributed by atoms with E-state index in [0.717, 1.165) is 23.3 Å². The average molecular weight is 325 g/mol. The summed E-state index contributed by atoms with van der Waals surface area (Å²) < 4.78 is 0. The fraction of sp³-hybridized carbons (Fsp3) is 0.0833. The zero-order valence-electron chi connectivity index (χ0n) is 14.5. The summed E-state index contributed by atoms with van der Waals surface area (Å²) in [6, 6.07) is 29.1. The monoisotopic (exact) mass is 325 g/mol. The van der Waals surface area contributed by atoms with E-state index < -0.39 is 0 Å². The summed E-state index contributed by atoms with van der Waals surface area (Å²) in [7, 11) is 0. The fourth-order valence-corrected chi connectivity index (χ4v) is 2.81. The number of hydrogen-bond acceptors (Lipinski definition) is 1. The van der Waals surface area contributed by atoms with Gasteiger partial charge in [-0.3, -0.25) is 0 Å². The van der Waals surface area contributed by atoms with Gasteiger partial charge in [0.15, 0.2) is 0 Å². The van der Waals surface area contributed by atoms with Crippen molar-refractivity contribution in [3.05, 3.63) is 119 Å². The van der Waals surface area contributed by atoms with Crippen LogP contribution in [0.5, 0.6) is 0 Å². The molecule has 1 nitrogen and oxygen atoms in total. The smallest absolute Gasteiger partial charge is 0.0393 e. The molecule has 0 saturated heterocycles. The second kappa shape index (κ2) is 8.16. The second-order valence-electron chi connectivity index (χ2n) is 6.18. The summed E-state index contributed by atoms with van der Waals surface area (Å²) in [5.74, 6) is 0. The maximum atomic E-state index is 6.36. The van der Waals surface area contributed by atoms with Gasteiger partial charge in [0.25, 0.3) is 0 Å². The molecule has 0 amide bonds. The van der Waals surface area contributed by atoms with E-state index in [1.165, 1.54) is 16.7 Å². The number of aryl methyl sites for hydroxylation is 1. The van der Waals surface area contributed by atoms with Crippen LogP contribution < -0.4 is 5.73 Å². The van der Waals surface area contributed by atoms with Crippen molar-refractivity contribution in [1.29, 1.82) is 0 Å². The summed E-state index contributed by atoms with van der Waals surface area (Å²) in [6.45, 7) is 2.11. The first-order valence-electron chi connectivity index (χ1n) is 8.56. The van der Waals surface area contributed by atoms with Gasteiger partial charge in [-0.25, -0.2) is 0 Å². The highest BCUT2D eigenvalue weighted by Gasteiger charge is 2.03. The third-order valence-corrected chi connectivity index (χ3v) is 4.17. The van der Waals surface area contributed by atoms with Gasteiger partial charge in [0.05, 0.1) is 0 Å². The molecular weight excluding hydrogens is 302 g/mol. The number of benzene rings is 3. The largest absolute Gasteiger partial charge is 0.398 e. The minimum atomic E-state index is 0.779. The van der Waals surface area contributed by atoms with Gasteiger partial charge in [-0.2, -0.15) is 0 Å². The van der Waals surface area contributed by atoms with Crippen molar-refractivity contribution in [3.8, 4) is 0 Å². The lowest BCUT2D eigenvalue weighted by Gasteiger charge is -2.08. The third-order valence-electron chi connectivity index (χ3n) is 4.17. The summed E-state index contributed by atoms with van der Waals surface area (Å²) in [5, 5.41) is 0. The maximum Gasteiger partial charge on any atom is 0.0393 e. The van der Waals surface area contributed by atoms with E-state index in [1.807, 2.05) is 36.4 Å². The van der Waals surface area contributed by atoms with Gasteiger partial charge < -0.3 is 5.73 Å². The Morgan fingerprint density at radius 3 is 2.12 bits per heavy atom. The van der Waals surface area contributed by atoms with E-state index in [4.69, 9.17) is 5.73 Å². The van der Waals surface area contributed by atoms with Crippen molar-refractivity contribution in [2.45, 2.75) is 13.3 Å². The Hall–Kier alpha value is -3.06. The van der Waals surface area contributed by atoms with E-state index in [9.17, 15) is 0 Å². The Bertz CT molecular complexity index is 874. The van der Waals surface area contributed by atoms with Gasteiger partial charge in [-0.05, 0) is 41.7 Å². The van der Waals surface area contributed by atoms with E-state index in [-0.39, 0.29) is 0 Å². The van der Waals surface area contributed by atoms with Crippen molar-refractivity contribution in [3.63, 3.8) is 0 Å². The summed E-state index contributed by atoms with van der Waals surface area (Å²) in [6.07, 6.45) is 5.20. The zero-order valence-corrected chi connectivity index (χ0v) is 14.5. The van der Waals surface area contributed by atoms with Crippen LogP contribution in [-0.4, -0.2) is 0 Å². The van der Waals surface area contributed by atoms with Gasteiger partial charge in [0, 0.05) is 5.70 Å². The van der Waals surface area contributed by atoms with E-state index in [2.05, 4.69) is 67.6 Å². The SMILES string of the molecule is Cc1cccc(C(/C=C(\N)c2ccccc2)=C/Cc2ccccc2)c1. The molecule has 0 aliphatic heterocycles. The molecule has 0 unspecified atom stereocenters. The molecule has 25 heavy (non-hydrogen) atoms. The minimum Gasteiger partial charge on any atom is -0.398 e. The minimum absolute atomic E-state index is 0.779. The highest BCUT2D eigenvalue weighted by molar-refractivity contribution is 5.83. The number of hydrogen-bond donors (Lipinski definition) is 1. The predicted molar refractivity (Wildman–Crippen MR) is 108 cm³/mol. The van der Waals surface area contributed by atoms with Crippen LogP contribution in [0.1, 0.15) is 22.3 Å². The Balaban J connectivity index is 1.97. The van der Waals surface area contributed by atoms with Crippen LogP contribution in [0.4, 0.5) is 0 Å². The topological polar surface area (TPSA) is 26.0 Å². The molecule has 0 aliphatic carbocycles. The van der Waals surface area contributed by atoms with Gasteiger partial charge in [0.2, 0.25) is 0 Å². The van der Waals surface area contributed by atoms with Crippen LogP contribution in [0.2, 0.25) is 0 Å². The van der Waals surface area contributed by atoms with Gasteiger partial charge in [-0.1, -0.05) is 96.6 Å². The molecule has 3 rings (SSSR count). The van der Waals surface area contributed by atoms with Crippen molar-refractivity contribution in [1.82, 2.24) is 0 Å². The molecule has 0 aromatic heterocycles. The Morgan fingerprint density at radius 2 is 1.44 bits per heavy atom. The number of nitrogens with two attached hydrogens (primary N) is 1. The maximum absolute atomic E-state index is 6.36. The van der Waals surface area contributed by atoms with Crippen molar-refractivity contribution < 1.29 is 0 Å². The van der Waals surface area contributed by atoms with Gasteiger partial charge in [0.1, 0.15) is 0 Å². The van der Waals surface area contributed by atoms with Gasteiger partial charge in [-0.15, -0.1) is 0 Å². The van der Waals surface area contributed by atoms with E-state index in [1.54, 1.807) is 0 Å². The molecule has 0 heterocycles. The fourth-order valence-electron chi connectivity index (χ4n) is 2.81. The van der Waals surface area contributed by atoms with E-state index in [0.29, 0.717) is 0 Å². The molecule has 0 bridgehead atoms. The highest BCUT2D eigenvalue weighted by Crippen LogP contribution is 2.22. The Labute approximate surface area is 150 Å². The first kappa shape index (κ1) is 16.8. The number of rotatable bonds is 5. The molecule has 1 heteroatoms. The van der Waals surface area contributed by atoms with Gasteiger partial charge >= 0.3 is 0 Å². The van der Waals surface area contributed by atoms with Crippen molar-refractivity contribution in [2.24, 2.45) is 5.73 Å². The molecule has 0 spiro atoms. The number of allylic oxidation sites excluding steroid dienone is 3. The Morgan fingerprint density at radius 1 is 0.800 bits per heavy atom. The zero-order chi connectivity index (χ0) is 17.5. The average Bonchev–Trinajstić information content (AvgIpc) is 2.66. The summed E-state index contributed by atoms with van der Waals surface area (Å²) in [5.41, 5.74) is 13.1. The molecule has 2 N–H and O–H groups in total. The molecule has 3 aromatic carbocycles. The summed E-state index contributed by atoms with van der Waals surface area (Å²) >= 11 is 0. The first-order valence-corrected chi connectivity index (χ1v) is 8.56. The lowest BCUT2D eigenvalue weighted by atomic mass is 9.99. The van der Waals surface area contributed by atoms with Crippen molar-refractivity contribution in [2.75, 3.05) is 0 Å². The molecule has 124 valence electrons. The van der Waals surface area contributed by atoms with Crippen LogP contribution in [-0.2, 0) is 6.42 Å². The highest BCUT2D eigenvalue weighted by atomic mass is 14.6. The quantitative estimate of drug-likeness (QED) is 0.605. The van der Waals surface area contributed by atoms with Crippen LogP contribution in [0.25, 0.3) is 11.3 Å². The first-order chi connectivity index (χ1) is 12.2. The molecule has 0 radical (unpaired) electrons. The van der Waals surface area contributed by atoms with Crippen LogP contribution in [0.15, 0.2) is 97.1 Å². The lowest BCUT2D eigenvalue weighted by Crippen LogP contribution is -1.97. The molecule has 0 aliphatic rings. The molecular formula is C24H23N. The van der Waals surface area contributed by atoms with Crippen LogP contribution >= 0.6 is 0 Å².